The summed E-state index contributed by atoms with van der Waals surface area (Å²) in [5.74, 6) is 3.51. The average molecular weight is 413 g/mol. The highest BCUT2D eigenvalue weighted by molar-refractivity contribution is 7.98. The van der Waals surface area contributed by atoms with E-state index in [-0.39, 0.29) is 0 Å². The summed E-state index contributed by atoms with van der Waals surface area (Å²) in [5.41, 5.74) is 2.52. The molecule has 0 atom stereocenters. The number of hydrogen-bond acceptors (Lipinski definition) is 6. The number of hydrogen-bond donors (Lipinski definition) is 0. The average Bonchev–Trinajstić information content (AvgIpc) is 3.23. The molecule has 0 unspecified atom stereocenters. The zero-order chi connectivity index (χ0) is 19.9. The molecule has 0 radical (unpaired) electrons. The molecule has 146 valence electrons. The van der Waals surface area contributed by atoms with E-state index in [9.17, 15) is 0 Å². The van der Waals surface area contributed by atoms with Crippen molar-refractivity contribution in [1.29, 1.82) is 0 Å². The molecule has 3 rings (SSSR count). The topological polar surface area (TPSA) is 61.4 Å². The van der Waals surface area contributed by atoms with Crippen LogP contribution in [0.4, 0.5) is 0 Å². The van der Waals surface area contributed by atoms with Crippen molar-refractivity contribution in [2.45, 2.75) is 48.8 Å². The molecule has 0 N–H and O–H groups in total. The fourth-order valence-corrected chi connectivity index (χ4v) is 4.59. The number of benzene rings is 1. The third-order valence-electron chi connectivity index (χ3n) is 4.15. The number of aryl methyl sites for hydroxylation is 2. The van der Waals surface area contributed by atoms with Crippen molar-refractivity contribution in [3.8, 4) is 0 Å². The maximum Gasteiger partial charge on any atom is 0.191 e. The number of rotatable bonds is 10. The van der Waals surface area contributed by atoms with Crippen molar-refractivity contribution in [2.75, 3.05) is 0 Å². The van der Waals surface area contributed by atoms with E-state index in [1.807, 2.05) is 26.0 Å². The SMILES string of the molecule is C=CCn1c(C)nnc1SCc1cccc(CSc2nnc(C)n2CC=C)c1. The van der Waals surface area contributed by atoms with Gasteiger partial charge in [-0.1, -0.05) is 59.9 Å². The van der Waals surface area contributed by atoms with Crippen LogP contribution in [-0.2, 0) is 24.6 Å². The second-order valence-electron chi connectivity index (χ2n) is 6.26. The molecule has 0 aliphatic rings. The monoisotopic (exact) mass is 412 g/mol. The molecule has 0 saturated carbocycles. The first-order valence-electron chi connectivity index (χ1n) is 8.97. The molecule has 0 fully saturated rings. The standard InChI is InChI=1S/C20H24N6S2/c1-5-10-25-15(3)21-23-19(25)27-13-17-8-7-9-18(12-17)14-28-20-24-22-16(4)26(20)11-6-2/h5-9,12H,1-2,10-11,13-14H2,3-4H3. The van der Waals surface area contributed by atoms with E-state index in [2.05, 4.69) is 67.0 Å². The molecule has 0 aliphatic heterocycles. The van der Waals surface area contributed by atoms with Gasteiger partial charge in [-0.25, -0.2) is 0 Å². The Morgan fingerprint density at radius 2 is 1.29 bits per heavy atom. The van der Waals surface area contributed by atoms with E-state index >= 15 is 0 Å². The van der Waals surface area contributed by atoms with Gasteiger partial charge >= 0.3 is 0 Å². The molecule has 2 heterocycles. The maximum absolute atomic E-state index is 4.28. The van der Waals surface area contributed by atoms with Crippen LogP contribution in [0.3, 0.4) is 0 Å². The van der Waals surface area contributed by atoms with Crippen LogP contribution in [0.2, 0.25) is 0 Å². The molecule has 1 aromatic carbocycles. The Bertz CT molecular complexity index is 886. The molecule has 28 heavy (non-hydrogen) atoms. The third-order valence-corrected chi connectivity index (χ3v) is 6.23. The number of thioether (sulfide) groups is 2. The summed E-state index contributed by atoms with van der Waals surface area (Å²) in [6.45, 7) is 13.0. The molecule has 2 aromatic heterocycles. The molecule has 3 aromatic rings. The van der Waals surface area contributed by atoms with E-state index in [1.165, 1.54) is 11.1 Å². The smallest absolute Gasteiger partial charge is 0.191 e. The van der Waals surface area contributed by atoms with Crippen molar-refractivity contribution >= 4 is 23.5 Å². The van der Waals surface area contributed by atoms with Gasteiger partial charge in [0.1, 0.15) is 11.6 Å². The molecular weight excluding hydrogens is 388 g/mol. The normalized spacial score (nSPS) is 10.9. The molecular formula is C20H24N6S2. The van der Waals surface area contributed by atoms with Crippen molar-refractivity contribution in [2.24, 2.45) is 0 Å². The first kappa shape index (κ1) is 20.4. The van der Waals surface area contributed by atoms with Gasteiger partial charge in [0.2, 0.25) is 0 Å². The molecule has 8 heteroatoms. The first-order valence-corrected chi connectivity index (χ1v) is 10.9. The van der Waals surface area contributed by atoms with Gasteiger partial charge in [0.15, 0.2) is 10.3 Å². The highest BCUT2D eigenvalue weighted by Gasteiger charge is 2.10. The van der Waals surface area contributed by atoms with Crippen molar-refractivity contribution < 1.29 is 0 Å². The van der Waals surface area contributed by atoms with Gasteiger partial charge in [0.05, 0.1) is 0 Å². The van der Waals surface area contributed by atoms with E-state index in [4.69, 9.17) is 0 Å². The Hall–Kier alpha value is -2.32. The van der Waals surface area contributed by atoms with E-state index in [1.54, 1.807) is 23.5 Å². The van der Waals surface area contributed by atoms with Crippen LogP contribution in [0.15, 0.2) is 59.9 Å². The minimum Gasteiger partial charge on any atom is -0.302 e. The van der Waals surface area contributed by atoms with Gasteiger partial charge in [0.25, 0.3) is 0 Å². The second-order valence-corrected chi connectivity index (χ2v) is 8.14. The fourth-order valence-electron chi connectivity index (χ4n) is 2.72. The van der Waals surface area contributed by atoms with Crippen LogP contribution < -0.4 is 0 Å². The molecule has 0 amide bonds. The lowest BCUT2D eigenvalue weighted by atomic mass is 10.2. The predicted molar refractivity (Wildman–Crippen MR) is 115 cm³/mol. The number of allylic oxidation sites excluding steroid dienone is 2. The summed E-state index contributed by atoms with van der Waals surface area (Å²) in [4.78, 5) is 0. The minimum absolute atomic E-state index is 0.725. The Kier molecular flexibility index (Phi) is 7.11. The van der Waals surface area contributed by atoms with Crippen molar-refractivity contribution in [3.63, 3.8) is 0 Å². The van der Waals surface area contributed by atoms with E-state index in [0.29, 0.717) is 0 Å². The maximum atomic E-state index is 4.28. The second kappa shape index (κ2) is 9.75. The van der Waals surface area contributed by atoms with Crippen molar-refractivity contribution in [1.82, 2.24) is 29.5 Å². The fraction of sp³-hybridized carbons (Fsp3) is 0.300. The Morgan fingerprint density at radius 3 is 1.71 bits per heavy atom. The highest BCUT2D eigenvalue weighted by Crippen LogP contribution is 2.25. The largest absolute Gasteiger partial charge is 0.302 e. The van der Waals surface area contributed by atoms with Gasteiger partial charge in [-0.2, -0.15) is 0 Å². The van der Waals surface area contributed by atoms with Crippen LogP contribution in [0.25, 0.3) is 0 Å². The zero-order valence-electron chi connectivity index (χ0n) is 16.2. The van der Waals surface area contributed by atoms with Gasteiger partial charge in [0, 0.05) is 24.6 Å². The molecule has 0 saturated heterocycles. The summed E-state index contributed by atoms with van der Waals surface area (Å²) in [7, 11) is 0. The van der Waals surface area contributed by atoms with E-state index in [0.717, 1.165) is 46.6 Å². The molecule has 0 spiro atoms. The summed E-state index contributed by atoms with van der Waals surface area (Å²) in [6.07, 6.45) is 3.73. The van der Waals surface area contributed by atoms with Crippen LogP contribution in [0.5, 0.6) is 0 Å². The van der Waals surface area contributed by atoms with Crippen LogP contribution in [-0.4, -0.2) is 29.5 Å². The summed E-state index contributed by atoms with van der Waals surface area (Å²) in [6, 6.07) is 8.63. The van der Waals surface area contributed by atoms with Gasteiger partial charge < -0.3 is 9.13 Å². The first-order chi connectivity index (χ1) is 13.6. The number of nitrogens with zero attached hydrogens (tertiary/aromatic N) is 6. The highest BCUT2D eigenvalue weighted by atomic mass is 32.2. The predicted octanol–water partition coefficient (Wildman–Crippen LogP) is 4.44. The van der Waals surface area contributed by atoms with Crippen LogP contribution in [0.1, 0.15) is 22.8 Å². The van der Waals surface area contributed by atoms with Crippen LogP contribution in [0, 0.1) is 13.8 Å². The van der Waals surface area contributed by atoms with Crippen molar-refractivity contribution in [3.05, 3.63) is 72.4 Å². The summed E-state index contributed by atoms with van der Waals surface area (Å²) in [5, 5.41) is 18.7. The Labute approximate surface area is 174 Å². The lowest BCUT2D eigenvalue weighted by Crippen LogP contribution is -2.00. The van der Waals surface area contributed by atoms with Crippen LogP contribution >= 0.6 is 23.5 Å². The third kappa shape index (κ3) is 4.94. The number of aromatic nitrogens is 6. The molecule has 0 aliphatic carbocycles. The van der Waals surface area contributed by atoms with Gasteiger partial charge in [-0.15, -0.1) is 33.6 Å². The van der Waals surface area contributed by atoms with Gasteiger partial charge in [-0.3, -0.25) is 0 Å². The minimum atomic E-state index is 0.725. The molecule has 0 bridgehead atoms. The molecule has 6 nitrogen and oxygen atoms in total. The van der Waals surface area contributed by atoms with Gasteiger partial charge in [-0.05, 0) is 25.0 Å². The summed E-state index contributed by atoms with van der Waals surface area (Å²) >= 11 is 3.39. The Morgan fingerprint density at radius 1 is 0.821 bits per heavy atom. The lowest BCUT2D eigenvalue weighted by Gasteiger charge is -2.08. The summed E-state index contributed by atoms with van der Waals surface area (Å²) < 4.78 is 4.15. The zero-order valence-corrected chi connectivity index (χ0v) is 17.8. The quantitative estimate of drug-likeness (QED) is 0.362. The Balaban J connectivity index is 1.63. The van der Waals surface area contributed by atoms with E-state index < -0.39 is 0 Å². The lowest BCUT2D eigenvalue weighted by molar-refractivity contribution is 0.703.